The molecule has 1 radical (unpaired) electrons. The van der Waals surface area contributed by atoms with Gasteiger partial charge in [0.1, 0.15) is 0 Å². The maximum atomic E-state index is 4.51. The van der Waals surface area contributed by atoms with Crippen molar-refractivity contribution in [3.05, 3.63) is 0 Å². The predicted molar refractivity (Wildman–Crippen MR) is 42.9 cm³/mol. The molecule has 1 unspecified atom stereocenters. The number of nitrogens with zero attached hydrogens (tertiary/aromatic N) is 1. The molecule has 1 saturated carbocycles. The highest BCUT2D eigenvalue weighted by Gasteiger charge is 2.23. The molecule has 1 fully saturated rings. The van der Waals surface area contributed by atoms with Crippen molar-refractivity contribution in [3.63, 3.8) is 0 Å². The maximum absolute atomic E-state index is 4.51. The first-order valence-electron chi connectivity index (χ1n) is 4.26. The molecule has 2 nitrogen and oxygen atoms in total. The van der Waals surface area contributed by atoms with Gasteiger partial charge in [-0.15, -0.1) is 0 Å². The average Bonchev–Trinajstić information content (AvgIpc) is 2.67. The van der Waals surface area contributed by atoms with E-state index >= 15 is 0 Å². The zero-order valence-electron chi connectivity index (χ0n) is 6.93. The van der Waals surface area contributed by atoms with Crippen LogP contribution < -0.4 is 10.6 Å². The Morgan fingerprint density at radius 3 is 2.80 bits per heavy atom. The van der Waals surface area contributed by atoms with E-state index in [9.17, 15) is 0 Å². The van der Waals surface area contributed by atoms with Crippen LogP contribution in [0.2, 0.25) is 0 Å². The highest BCUT2D eigenvalue weighted by atomic mass is 15.1. The van der Waals surface area contributed by atoms with Crippen molar-refractivity contribution in [3.8, 4) is 0 Å². The van der Waals surface area contributed by atoms with Gasteiger partial charge in [0.15, 0.2) is 0 Å². The van der Waals surface area contributed by atoms with E-state index in [1.165, 1.54) is 19.3 Å². The van der Waals surface area contributed by atoms with Gasteiger partial charge in [0.25, 0.3) is 0 Å². The molecular formula is C8H17N2. The van der Waals surface area contributed by atoms with Crippen LogP contribution in [0, 0.1) is 0 Å². The van der Waals surface area contributed by atoms with E-state index in [4.69, 9.17) is 0 Å². The third kappa shape index (κ3) is 3.18. The molecule has 0 spiro atoms. The summed E-state index contributed by atoms with van der Waals surface area (Å²) in [5.41, 5.74) is 0. The van der Waals surface area contributed by atoms with E-state index in [0.29, 0.717) is 12.2 Å². The summed E-state index contributed by atoms with van der Waals surface area (Å²) in [6.45, 7) is 5.40. The lowest BCUT2D eigenvalue weighted by molar-refractivity contribution is 0.442. The molecule has 0 aromatic carbocycles. The summed E-state index contributed by atoms with van der Waals surface area (Å²) in [6, 6.07) is 0.694. The summed E-state index contributed by atoms with van der Waals surface area (Å²) in [4.78, 5) is 0. The molecule has 59 valence electrons. The molecule has 1 rings (SSSR count). The summed E-state index contributed by atoms with van der Waals surface area (Å²) in [5, 5.41) is 7.85. The first-order chi connectivity index (χ1) is 4.83. The van der Waals surface area contributed by atoms with Crippen molar-refractivity contribution in [1.29, 1.82) is 0 Å². The van der Waals surface area contributed by atoms with Gasteiger partial charge in [-0.3, -0.25) is 0 Å². The van der Waals surface area contributed by atoms with Crippen molar-refractivity contribution in [2.45, 2.75) is 45.3 Å². The largest absolute Gasteiger partial charge is 0.301 e. The summed E-state index contributed by atoms with van der Waals surface area (Å²) >= 11 is 0. The highest BCUT2D eigenvalue weighted by Crippen LogP contribution is 2.20. The van der Waals surface area contributed by atoms with Crippen LogP contribution in [-0.4, -0.2) is 18.8 Å². The summed E-state index contributed by atoms with van der Waals surface area (Å²) in [6.07, 6.45) is 4.22. The predicted octanol–water partition coefficient (Wildman–Crippen LogP) is 1.10. The molecule has 0 aromatic heterocycles. The first kappa shape index (κ1) is 8.02. The Morgan fingerprint density at radius 2 is 2.30 bits per heavy atom. The molecule has 0 amide bonds. The quantitative estimate of drug-likeness (QED) is 0.609. The Hall–Kier alpha value is -0.0800. The average molecular weight is 141 g/mol. The summed E-state index contributed by atoms with van der Waals surface area (Å²) in [5.74, 6) is 0. The van der Waals surface area contributed by atoms with E-state index in [1.54, 1.807) is 0 Å². The number of hydrogen-bond donors (Lipinski definition) is 1. The molecule has 2 heteroatoms. The molecular weight excluding hydrogens is 124 g/mol. The Bertz CT molecular complexity index is 89.3. The maximum Gasteiger partial charge on any atom is 0.0710 e. The zero-order chi connectivity index (χ0) is 7.40. The fraction of sp³-hybridized carbons (Fsp3) is 1.00. The Kier molecular flexibility index (Phi) is 3.16. The van der Waals surface area contributed by atoms with Gasteiger partial charge in [-0.25, -0.2) is 5.32 Å². The van der Waals surface area contributed by atoms with Gasteiger partial charge in [0, 0.05) is 6.04 Å². The van der Waals surface area contributed by atoms with E-state index in [0.717, 1.165) is 6.54 Å². The number of hydrogen-bond acceptors (Lipinski definition) is 1. The lowest BCUT2D eigenvalue weighted by Crippen LogP contribution is -2.36. The van der Waals surface area contributed by atoms with Gasteiger partial charge >= 0.3 is 0 Å². The monoisotopic (exact) mass is 141 g/mol. The first-order valence-corrected chi connectivity index (χ1v) is 4.26. The van der Waals surface area contributed by atoms with Gasteiger partial charge in [-0.2, -0.15) is 0 Å². The van der Waals surface area contributed by atoms with Crippen LogP contribution in [0.25, 0.3) is 0 Å². The van der Waals surface area contributed by atoms with Crippen molar-refractivity contribution < 1.29 is 0 Å². The SMILES string of the molecule is CCCNC(C)[N]C1CC1. The molecule has 0 heterocycles. The summed E-state index contributed by atoms with van der Waals surface area (Å²) in [7, 11) is 0. The zero-order valence-corrected chi connectivity index (χ0v) is 6.93. The molecule has 10 heavy (non-hydrogen) atoms. The van der Waals surface area contributed by atoms with Crippen LogP contribution in [0.3, 0.4) is 0 Å². The fourth-order valence-electron chi connectivity index (χ4n) is 0.946. The van der Waals surface area contributed by atoms with Crippen LogP contribution in [0.1, 0.15) is 33.1 Å². The number of rotatable bonds is 5. The third-order valence-electron chi connectivity index (χ3n) is 1.67. The highest BCUT2D eigenvalue weighted by molar-refractivity contribution is 4.82. The topological polar surface area (TPSA) is 26.1 Å². The van der Waals surface area contributed by atoms with Gasteiger partial charge in [-0.1, -0.05) is 6.92 Å². The minimum absolute atomic E-state index is 0.382. The normalized spacial score (nSPS) is 21.0. The fourth-order valence-corrected chi connectivity index (χ4v) is 0.946. The van der Waals surface area contributed by atoms with Gasteiger partial charge < -0.3 is 5.32 Å². The lowest BCUT2D eigenvalue weighted by Gasteiger charge is -2.11. The minimum atomic E-state index is 0.382. The van der Waals surface area contributed by atoms with E-state index < -0.39 is 0 Å². The number of nitrogens with one attached hydrogen (secondary N) is 1. The second-order valence-corrected chi connectivity index (χ2v) is 3.01. The second kappa shape index (κ2) is 3.94. The van der Waals surface area contributed by atoms with E-state index in [1.807, 2.05) is 0 Å². The molecule has 1 aliphatic rings. The Morgan fingerprint density at radius 1 is 1.60 bits per heavy atom. The van der Waals surface area contributed by atoms with Crippen LogP contribution in [0.5, 0.6) is 0 Å². The van der Waals surface area contributed by atoms with Gasteiger partial charge in [0.05, 0.1) is 6.17 Å². The molecule has 0 aliphatic heterocycles. The molecule has 0 bridgehead atoms. The van der Waals surface area contributed by atoms with Crippen molar-refractivity contribution in [2.75, 3.05) is 6.54 Å². The van der Waals surface area contributed by atoms with E-state index in [2.05, 4.69) is 24.5 Å². The molecule has 1 atom stereocenters. The molecule has 1 aliphatic carbocycles. The standard InChI is InChI=1S/C8H17N2/c1-3-6-9-7(2)10-8-4-5-8/h7-9H,3-6H2,1-2H3. The van der Waals surface area contributed by atoms with Crippen molar-refractivity contribution in [1.82, 2.24) is 10.6 Å². The van der Waals surface area contributed by atoms with Crippen molar-refractivity contribution >= 4 is 0 Å². The minimum Gasteiger partial charge on any atom is -0.301 e. The van der Waals surface area contributed by atoms with Gasteiger partial charge in [0.2, 0.25) is 0 Å². The van der Waals surface area contributed by atoms with Crippen LogP contribution in [0.4, 0.5) is 0 Å². The molecule has 0 saturated heterocycles. The van der Waals surface area contributed by atoms with Crippen LogP contribution in [0.15, 0.2) is 0 Å². The third-order valence-corrected chi connectivity index (χ3v) is 1.67. The Labute approximate surface area is 63.4 Å². The van der Waals surface area contributed by atoms with Crippen molar-refractivity contribution in [2.24, 2.45) is 0 Å². The molecule has 1 N–H and O–H groups in total. The second-order valence-electron chi connectivity index (χ2n) is 3.01. The Balaban J connectivity index is 1.91. The van der Waals surface area contributed by atoms with Gasteiger partial charge in [-0.05, 0) is 32.7 Å². The van der Waals surface area contributed by atoms with Crippen LogP contribution >= 0.6 is 0 Å². The smallest absolute Gasteiger partial charge is 0.0710 e. The van der Waals surface area contributed by atoms with E-state index in [-0.39, 0.29) is 0 Å². The molecule has 0 aromatic rings. The van der Waals surface area contributed by atoms with Crippen LogP contribution in [-0.2, 0) is 0 Å². The lowest BCUT2D eigenvalue weighted by atomic mass is 10.4. The summed E-state index contributed by atoms with van der Waals surface area (Å²) < 4.78 is 0.